The SMILES string of the molecule is Cc1cccc(F)c1C(=O)Nc1cn[nH]c1-c1[nH]c2cnc(Cl)cc2[nH+]1. The van der Waals surface area contributed by atoms with E-state index in [4.69, 9.17) is 11.6 Å². The number of imidazole rings is 1. The van der Waals surface area contributed by atoms with Gasteiger partial charge in [-0.3, -0.25) is 9.89 Å². The molecule has 0 saturated heterocycles. The summed E-state index contributed by atoms with van der Waals surface area (Å²) in [6.07, 6.45) is 3.04. The molecule has 4 aromatic rings. The van der Waals surface area contributed by atoms with Gasteiger partial charge in [-0.1, -0.05) is 23.7 Å². The van der Waals surface area contributed by atoms with Crippen molar-refractivity contribution in [3.63, 3.8) is 0 Å². The zero-order chi connectivity index (χ0) is 18.3. The van der Waals surface area contributed by atoms with Crippen LogP contribution in [-0.2, 0) is 0 Å². The van der Waals surface area contributed by atoms with Gasteiger partial charge in [0, 0.05) is 6.07 Å². The van der Waals surface area contributed by atoms with Crippen LogP contribution < -0.4 is 10.3 Å². The second-order valence-electron chi connectivity index (χ2n) is 5.72. The van der Waals surface area contributed by atoms with Gasteiger partial charge in [0.1, 0.15) is 11.0 Å². The van der Waals surface area contributed by atoms with Crippen molar-refractivity contribution in [2.24, 2.45) is 0 Å². The molecule has 7 nitrogen and oxygen atoms in total. The highest BCUT2D eigenvalue weighted by molar-refractivity contribution is 6.29. The molecule has 0 saturated carbocycles. The summed E-state index contributed by atoms with van der Waals surface area (Å²) >= 11 is 5.89. The van der Waals surface area contributed by atoms with Gasteiger partial charge in [0.15, 0.2) is 16.7 Å². The maximum absolute atomic E-state index is 14.0. The lowest BCUT2D eigenvalue weighted by Crippen LogP contribution is -2.16. The Labute approximate surface area is 151 Å². The van der Waals surface area contributed by atoms with Gasteiger partial charge in [-0.05, 0) is 18.6 Å². The average molecular weight is 372 g/mol. The number of carbonyl (C=O) groups is 1. The first-order valence-electron chi connectivity index (χ1n) is 7.69. The molecule has 3 aromatic heterocycles. The lowest BCUT2D eigenvalue weighted by molar-refractivity contribution is -0.330. The summed E-state index contributed by atoms with van der Waals surface area (Å²) in [6, 6.07) is 6.16. The minimum absolute atomic E-state index is 0.00346. The molecule has 130 valence electrons. The summed E-state index contributed by atoms with van der Waals surface area (Å²) < 4.78 is 14.0. The van der Waals surface area contributed by atoms with Crippen LogP contribution in [0.15, 0.2) is 36.7 Å². The number of hydrogen-bond donors (Lipinski definition) is 3. The Morgan fingerprint density at radius 2 is 2.19 bits per heavy atom. The fraction of sp³-hybridized carbons (Fsp3) is 0.0588. The van der Waals surface area contributed by atoms with E-state index in [9.17, 15) is 9.18 Å². The highest BCUT2D eigenvalue weighted by Crippen LogP contribution is 2.24. The topological polar surface area (TPSA) is 101 Å². The predicted octanol–water partition coefficient (Wildman–Crippen LogP) is 3.12. The van der Waals surface area contributed by atoms with Gasteiger partial charge >= 0.3 is 5.82 Å². The van der Waals surface area contributed by atoms with E-state index in [1.54, 1.807) is 31.3 Å². The number of halogens is 2. The molecule has 1 amide bonds. The summed E-state index contributed by atoms with van der Waals surface area (Å²) in [6.45, 7) is 1.68. The number of aryl methyl sites for hydroxylation is 1. The Morgan fingerprint density at radius 1 is 1.35 bits per heavy atom. The van der Waals surface area contributed by atoms with E-state index in [0.29, 0.717) is 27.9 Å². The number of pyridine rings is 1. The third-order valence-corrected chi connectivity index (χ3v) is 4.18. The molecular formula is C17H13ClFN6O+. The third-order valence-electron chi connectivity index (χ3n) is 3.98. The van der Waals surface area contributed by atoms with Crippen LogP contribution in [0.1, 0.15) is 15.9 Å². The van der Waals surface area contributed by atoms with Crippen molar-refractivity contribution in [1.29, 1.82) is 0 Å². The van der Waals surface area contributed by atoms with Gasteiger partial charge in [0.05, 0.1) is 23.6 Å². The van der Waals surface area contributed by atoms with E-state index in [-0.39, 0.29) is 5.56 Å². The van der Waals surface area contributed by atoms with Crippen molar-refractivity contribution in [2.75, 3.05) is 5.32 Å². The first-order valence-corrected chi connectivity index (χ1v) is 8.07. The minimum atomic E-state index is -0.578. The molecule has 9 heteroatoms. The second-order valence-corrected chi connectivity index (χ2v) is 6.11. The summed E-state index contributed by atoms with van der Waals surface area (Å²) in [4.78, 5) is 22.8. The maximum atomic E-state index is 14.0. The second kappa shape index (κ2) is 6.23. The monoisotopic (exact) mass is 371 g/mol. The lowest BCUT2D eigenvalue weighted by atomic mass is 10.1. The minimum Gasteiger partial charge on any atom is -0.318 e. The Balaban J connectivity index is 1.69. The Morgan fingerprint density at radius 3 is 3.00 bits per heavy atom. The summed E-state index contributed by atoms with van der Waals surface area (Å²) in [5.41, 5.74) is 2.94. The van der Waals surface area contributed by atoms with Crippen molar-refractivity contribution >= 4 is 34.2 Å². The van der Waals surface area contributed by atoms with Crippen LogP contribution in [0, 0.1) is 12.7 Å². The summed E-state index contributed by atoms with van der Waals surface area (Å²) in [5, 5.41) is 9.81. The molecule has 0 radical (unpaired) electrons. The highest BCUT2D eigenvalue weighted by Gasteiger charge is 2.22. The fourth-order valence-electron chi connectivity index (χ4n) is 2.73. The normalized spacial score (nSPS) is 11.0. The van der Waals surface area contributed by atoms with E-state index in [1.165, 1.54) is 12.3 Å². The fourth-order valence-corrected chi connectivity index (χ4v) is 2.89. The van der Waals surface area contributed by atoms with Crippen molar-refractivity contribution in [2.45, 2.75) is 6.92 Å². The molecule has 4 rings (SSSR count). The number of benzene rings is 1. The molecule has 0 aliphatic rings. The van der Waals surface area contributed by atoms with Crippen molar-refractivity contribution in [3.05, 3.63) is 58.8 Å². The third kappa shape index (κ3) is 2.80. The molecule has 0 bridgehead atoms. The quantitative estimate of drug-likeness (QED) is 0.482. The number of amides is 1. The molecule has 3 heterocycles. The van der Waals surface area contributed by atoms with E-state index in [0.717, 1.165) is 11.0 Å². The molecule has 0 aliphatic heterocycles. The molecular weight excluding hydrogens is 359 g/mol. The molecule has 0 unspecified atom stereocenters. The highest BCUT2D eigenvalue weighted by atomic mass is 35.5. The van der Waals surface area contributed by atoms with Gasteiger partial charge in [-0.2, -0.15) is 5.10 Å². The molecule has 0 fully saturated rings. The lowest BCUT2D eigenvalue weighted by Gasteiger charge is -2.07. The maximum Gasteiger partial charge on any atom is 0.305 e. The van der Waals surface area contributed by atoms with E-state index < -0.39 is 11.7 Å². The van der Waals surface area contributed by atoms with Crippen molar-refractivity contribution < 1.29 is 14.2 Å². The summed E-state index contributed by atoms with van der Waals surface area (Å²) in [7, 11) is 0. The number of nitrogens with one attached hydrogen (secondary N) is 4. The molecule has 1 aromatic carbocycles. The van der Waals surface area contributed by atoms with Gasteiger partial charge in [-0.25, -0.2) is 19.3 Å². The van der Waals surface area contributed by atoms with E-state index >= 15 is 0 Å². The summed E-state index contributed by atoms with van der Waals surface area (Å²) in [5.74, 6) is -0.559. The smallest absolute Gasteiger partial charge is 0.305 e. The molecule has 0 aliphatic carbocycles. The number of anilines is 1. The first-order chi connectivity index (χ1) is 12.5. The van der Waals surface area contributed by atoms with Gasteiger partial charge in [0.25, 0.3) is 5.91 Å². The van der Waals surface area contributed by atoms with Crippen LogP contribution in [-0.4, -0.2) is 26.1 Å². The Bertz CT molecular complexity index is 1120. The molecule has 26 heavy (non-hydrogen) atoms. The van der Waals surface area contributed by atoms with Gasteiger partial charge in [-0.15, -0.1) is 0 Å². The first kappa shape index (κ1) is 16.2. The Hall–Kier alpha value is -3.26. The molecule has 0 atom stereocenters. The van der Waals surface area contributed by atoms with Crippen LogP contribution >= 0.6 is 11.6 Å². The average Bonchev–Trinajstić information content (AvgIpc) is 3.20. The van der Waals surface area contributed by atoms with Crippen LogP contribution in [0.2, 0.25) is 5.15 Å². The van der Waals surface area contributed by atoms with Crippen LogP contribution in [0.4, 0.5) is 10.1 Å². The van der Waals surface area contributed by atoms with Gasteiger partial charge < -0.3 is 5.32 Å². The number of aromatic nitrogens is 5. The van der Waals surface area contributed by atoms with Crippen molar-refractivity contribution in [1.82, 2.24) is 20.2 Å². The molecule has 4 N–H and O–H groups in total. The Kier molecular flexibility index (Phi) is 3.89. The number of carbonyl (C=O) groups excluding carboxylic acids is 1. The number of fused-ring (bicyclic) bond motifs is 1. The van der Waals surface area contributed by atoms with Crippen molar-refractivity contribution in [3.8, 4) is 11.5 Å². The zero-order valence-electron chi connectivity index (χ0n) is 13.5. The van der Waals surface area contributed by atoms with Crippen LogP contribution in [0.3, 0.4) is 0 Å². The molecule has 0 spiro atoms. The van der Waals surface area contributed by atoms with E-state index in [2.05, 4.69) is 30.5 Å². The van der Waals surface area contributed by atoms with Crippen LogP contribution in [0.25, 0.3) is 22.6 Å². The number of rotatable bonds is 3. The zero-order valence-corrected chi connectivity index (χ0v) is 14.3. The predicted molar refractivity (Wildman–Crippen MR) is 94.3 cm³/mol. The van der Waals surface area contributed by atoms with E-state index in [1.807, 2.05) is 0 Å². The number of H-pyrrole nitrogens is 3. The largest absolute Gasteiger partial charge is 0.318 e. The number of aromatic amines is 3. The number of nitrogens with zero attached hydrogens (tertiary/aromatic N) is 2. The number of hydrogen-bond acceptors (Lipinski definition) is 3. The standard InChI is InChI=1S/C17H12ClFN6O/c1-8-3-2-4-9(19)14(8)17(26)24-12-7-21-25-15(12)16-22-10-5-13(18)20-6-11(10)23-16/h2-7H,1H3,(H,21,25)(H,22,23)(H,24,26)/p+1. The van der Waals surface area contributed by atoms with Crippen LogP contribution in [0.5, 0.6) is 0 Å². The van der Waals surface area contributed by atoms with Gasteiger partial charge in [0.2, 0.25) is 0 Å².